The van der Waals surface area contributed by atoms with Crippen LogP contribution in [-0.2, 0) is 4.74 Å². The van der Waals surface area contributed by atoms with E-state index in [1.165, 1.54) is 0 Å². The zero-order valence-electron chi connectivity index (χ0n) is 15.6. The lowest BCUT2D eigenvalue weighted by Gasteiger charge is -2.28. The summed E-state index contributed by atoms with van der Waals surface area (Å²) in [6, 6.07) is 7.42. The molecule has 0 fully saturated rings. The van der Waals surface area contributed by atoms with E-state index in [2.05, 4.69) is 12.2 Å². The van der Waals surface area contributed by atoms with Gasteiger partial charge in [0, 0.05) is 31.2 Å². The van der Waals surface area contributed by atoms with Crippen LogP contribution in [0, 0.1) is 0 Å². The second-order valence-electron chi connectivity index (χ2n) is 6.94. The van der Waals surface area contributed by atoms with Crippen LogP contribution in [0.3, 0.4) is 0 Å². The largest absolute Gasteiger partial charge is 0.508 e. The summed E-state index contributed by atoms with van der Waals surface area (Å²) in [7, 11) is 0. The number of para-hydroxylation sites is 1. The first-order chi connectivity index (χ1) is 11.3. The number of aromatic hydroxyl groups is 1. The lowest BCUT2D eigenvalue weighted by molar-refractivity contribution is 0.0250. The molecular weight excluding hydrogens is 304 g/mol. The normalized spacial score (nSPS) is 12.7. The number of amides is 1. The first-order valence-electron chi connectivity index (χ1n) is 8.77. The molecule has 1 unspecified atom stereocenters. The SMILES string of the molecule is CCCN(CCNC(CC)c1ccccc1O)C(=O)OC(C)(C)C. The summed E-state index contributed by atoms with van der Waals surface area (Å²) in [5.41, 5.74) is 0.400. The van der Waals surface area contributed by atoms with Gasteiger partial charge in [-0.05, 0) is 39.7 Å². The van der Waals surface area contributed by atoms with E-state index in [0.717, 1.165) is 18.4 Å². The Morgan fingerprint density at radius 2 is 1.92 bits per heavy atom. The van der Waals surface area contributed by atoms with E-state index >= 15 is 0 Å². The number of phenolic OH excluding ortho intramolecular Hbond substituents is 1. The number of nitrogens with zero attached hydrogens (tertiary/aromatic N) is 1. The highest BCUT2D eigenvalue weighted by Crippen LogP contribution is 2.25. The maximum Gasteiger partial charge on any atom is 0.410 e. The van der Waals surface area contributed by atoms with Gasteiger partial charge < -0.3 is 20.1 Å². The first kappa shape index (κ1) is 20.3. The first-order valence-corrected chi connectivity index (χ1v) is 8.77. The van der Waals surface area contributed by atoms with Gasteiger partial charge in [0.25, 0.3) is 0 Å². The summed E-state index contributed by atoms with van der Waals surface area (Å²) in [6.45, 7) is 11.6. The molecule has 1 atom stereocenters. The number of benzene rings is 1. The van der Waals surface area contributed by atoms with Crippen molar-refractivity contribution in [2.45, 2.75) is 59.1 Å². The van der Waals surface area contributed by atoms with E-state index in [0.29, 0.717) is 25.4 Å². The van der Waals surface area contributed by atoms with Crippen molar-refractivity contribution < 1.29 is 14.6 Å². The van der Waals surface area contributed by atoms with Crippen molar-refractivity contribution in [2.75, 3.05) is 19.6 Å². The van der Waals surface area contributed by atoms with Crippen molar-refractivity contribution in [1.29, 1.82) is 0 Å². The lowest BCUT2D eigenvalue weighted by Crippen LogP contribution is -2.41. The Morgan fingerprint density at radius 1 is 1.25 bits per heavy atom. The van der Waals surface area contributed by atoms with Crippen LogP contribution in [-0.4, -0.2) is 41.3 Å². The van der Waals surface area contributed by atoms with Crippen LogP contribution in [0.25, 0.3) is 0 Å². The Labute approximate surface area is 146 Å². The maximum absolute atomic E-state index is 12.3. The maximum atomic E-state index is 12.3. The standard InChI is InChI=1S/C19H32N2O3/c1-6-13-21(18(23)24-19(3,4)5)14-12-20-16(7-2)15-10-8-9-11-17(15)22/h8-11,16,20,22H,6-7,12-14H2,1-5H3. The molecule has 5 nitrogen and oxygen atoms in total. The number of hydrogen-bond donors (Lipinski definition) is 2. The van der Waals surface area contributed by atoms with E-state index < -0.39 is 5.60 Å². The van der Waals surface area contributed by atoms with Crippen molar-refractivity contribution in [3.63, 3.8) is 0 Å². The summed E-state index contributed by atoms with van der Waals surface area (Å²) < 4.78 is 5.46. The second-order valence-corrected chi connectivity index (χ2v) is 6.94. The van der Waals surface area contributed by atoms with Crippen molar-refractivity contribution >= 4 is 6.09 Å². The minimum atomic E-state index is -0.488. The molecule has 0 aromatic heterocycles. The number of rotatable bonds is 8. The van der Waals surface area contributed by atoms with Crippen LogP contribution in [0.2, 0.25) is 0 Å². The predicted molar refractivity (Wildman–Crippen MR) is 97.2 cm³/mol. The second kappa shape index (κ2) is 9.52. The number of ether oxygens (including phenoxy) is 1. The van der Waals surface area contributed by atoms with E-state index in [1.807, 2.05) is 45.9 Å². The van der Waals surface area contributed by atoms with Crippen LogP contribution in [0.4, 0.5) is 4.79 Å². The highest BCUT2D eigenvalue weighted by Gasteiger charge is 2.21. The highest BCUT2D eigenvalue weighted by molar-refractivity contribution is 5.68. The molecule has 0 spiro atoms. The summed E-state index contributed by atoms with van der Waals surface area (Å²) in [6.07, 6.45) is 1.47. The molecule has 1 aromatic rings. The summed E-state index contributed by atoms with van der Waals surface area (Å²) in [5.74, 6) is 0.300. The van der Waals surface area contributed by atoms with Crippen LogP contribution in [0.1, 0.15) is 59.1 Å². The van der Waals surface area contributed by atoms with E-state index in [1.54, 1.807) is 11.0 Å². The van der Waals surface area contributed by atoms with Crippen molar-refractivity contribution in [3.8, 4) is 5.75 Å². The van der Waals surface area contributed by atoms with Gasteiger partial charge >= 0.3 is 6.09 Å². The molecule has 0 saturated heterocycles. The predicted octanol–water partition coefficient (Wildman–Crippen LogP) is 4.08. The topological polar surface area (TPSA) is 61.8 Å². The summed E-state index contributed by atoms with van der Waals surface area (Å²) in [5, 5.41) is 13.4. The number of phenols is 1. The lowest BCUT2D eigenvalue weighted by atomic mass is 10.0. The monoisotopic (exact) mass is 336 g/mol. The molecular formula is C19H32N2O3. The van der Waals surface area contributed by atoms with Gasteiger partial charge in [-0.15, -0.1) is 0 Å². The third-order valence-electron chi connectivity index (χ3n) is 3.64. The Balaban J connectivity index is 2.60. The average molecular weight is 336 g/mol. The third kappa shape index (κ3) is 6.79. The minimum Gasteiger partial charge on any atom is -0.508 e. The summed E-state index contributed by atoms with van der Waals surface area (Å²) in [4.78, 5) is 14.0. The number of carbonyl (C=O) groups is 1. The molecule has 0 aliphatic carbocycles. The van der Waals surface area contributed by atoms with Gasteiger partial charge in [-0.1, -0.05) is 32.0 Å². The zero-order chi connectivity index (χ0) is 18.2. The molecule has 136 valence electrons. The Bertz CT molecular complexity index is 512. The molecule has 1 aromatic carbocycles. The Hall–Kier alpha value is -1.75. The Morgan fingerprint density at radius 3 is 2.46 bits per heavy atom. The molecule has 0 aliphatic heterocycles. The molecule has 24 heavy (non-hydrogen) atoms. The quantitative estimate of drug-likeness (QED) is 0.751. The smallest absolute Gasteiger partial charge is 0.410 e. The summed E-state index contributed by atoms with van der Waals surface area (Å²) >= 11 is 0. The van der Waals surface area contributed by atoms with Crippen LogP contribution < -0.4 is 5.32 Å². The molecule has 1 amide bonds. The highest BCUT2D eigenvalue weighted by atomic mass is 16.6. The molecule has 0 bridgehead atoms. The van der Waals surface area contributed by atoms with Gasteiger partial charge in [0.2, 0.25) is 0 Å². The van der Waals surface area contributed by atoms with Gasteiger partial charge in [0.1, 0.15) is 11.4 Å². The molecule has 0 radical (unpaired) electrons. The van der Waals surface area contributed by atoms with E-state index in [-0.39, 0.29) is 12.1 Å². The average Bonchev–Trinajstić information content (AvgIpc) is 2.50. The van der Waals surface area contributed by atoms with E-state index in [9.17, 15) is 9.90 Å². The molecule has 0 aliphatic rings. The van der Waals surface area contributed by atoms with Crippen molar-refractivity contribution in [2.24, 2.45) is 0 Å². The fourth-order valence-corrected chi connectivity index (χ4v) is 2.52. The molecule has 0 heterocycles. The third-order valence-corrected chi connectivity index (χ3v) is 3.64. The Kier molecular flexibility index (Phi) is 8.05. The van der Waals surface area contributed by atoms with Gasteiger partial charge in [-0.3, -0.25) is 0 Å². The van der Waals surface area contributed by atoms with E-state index in [4.69, 9.17) is 4.74 Å². The molecule has 1 rings (SSSR count). The van der Waals surface area contributed by atoms with Crippen molar-refractivity contribution in [1.82, 2.24) is 10.2 Å². The molecule has 2 N–H and O–H groups in total. The number of nitrogens with one attached hydrogen (secondary N) is 1. The number of hydrogen-bond acceptors (Lipinski definition) is 4. The van der Waals surface area contributed by atoms with Gasteiger partial charge in [-0.2, -0.15) is 0 Å². The fraction of sp³-hybridized carbons (Fsp3) is 0.632. The van der Waals surface area contributed by atoms with Gasteiger partial charge in [0.05, 0.1) is 0 Å². The van der Waals surface area contributed by atoms with Crippen molar-refractivity contribution in [3.05, 3.63) is 29.8 Å². The zero-order valence-corrected chi connectivity index (χ0v) is 15.6. The van der Waals surface area contributed by atoms with Gasteiger partial charge in [0.15, 0.2) is 0 Å². The van der Waals surface area contributed by atoms with Crippen LogP contribution in [0.15, 0.2) is 24.3 Å². The van der Waals surface area contributed by atoms with Crippen LogP contribution >= 0.6 is 0 Å². The molecule has 0 saturated carbocycles. The van der Waals surface area contributed by atoms with Gasteiger partial charge in [-0.25, -0.2) is 4.79 Å². The number of carbonyl (C=O) groups excluding carboxylic acids is 1. The fourth-order valence-electron chi connectivity index (χ4n) is 2.52. The molecule has 5 heteroatoms. The minimum absolute atomic E-state index is 0.0633. The van der Waals surface area contributed by atoms with Crippen LogP contribution in [0.5, 0.6) is 5.75 Å².